The zero-order valence-corrected chi connectivity index (χ0v) is 19.6. The van der Waals surface area contributed by atoms with Gasteiger partial charge in [-0.15, -0.1) is 0 Å². The van der Waals surface area contributed by atoms with E-state index in [9.17, 15) is 4.79 Å². The molecule has 0 spiro atoms. The fourth-order valence-corrected chi connectivity index (χ4v) is 4.23. The summed E-state index contributed by atoms with van der Waals surface area (Å²) >= 11 is 0. The van der Waals surface area contributed by atoms with Gasteiger partial charge >= 0.3 is 0 Å². The van der Waals surface area contributed by atoms with Gasteiger partial charge in [-0.05, 0) is 49.2 Å². The Hall–Kier alpha value is -4.00. The van der Waals surface area contributed by atoms with Crippen molar-refractivity contribution in [2.45, 2.75) is 20.4 Å². The van der Waals surface area contributed by atoms with Crippen LogP contribution in [0, 0.1) is 13.8 Å². The summed E-state index contributed by atoms with van der Waals surface area (Å²) in [6, 6.07) is 22.1. The van der Waals surface area contributed by atoms with Crippen molar-refractivity contribution >= 4 is 11.7 Å². The van der Waals surface area contributed by atoms with Crippen LogP contribution in [0.4, 0.5) is 5.82 Å². The number of nitrogens with zero attached hydrogens (tertiary/aromatic N) is 6. The Kier molecular flexibility index (Phi) is 6.08. The van der Waals surface area contributed by atoms with Crippen LogP contribution in [0.25, 0.3) is 22.6 Å². The molecule has 3 aromatic heterocycles. The third kappa shape index (κ3) is 4.55. The number of hydrogen-bond acceptors (Lipinski definition) is 5. The lowest BCUT2D eigenvalue weighted by Gasteiger charge is -2.35. The number of aryl methyl sites for hydroxylation is 2. The molecule has 1 aromatic carbocycles. The van der Waals surface area contributed by atoms with Crippen molar-refractivity contribution in [1.82, 2.24) is 24.6 Å². The van der Waals surface area contributed by atoms with E-state index in [4.69, 9.17) is 10.1 Å². The molecule has 172 valence electrons. The van der Waals surface area contributed by atoms with Crippen LogP contribution >= 0.6 is 0 Å². The molecule has 0 unspecified atom stereocenters. The smallest absolute Gasteiger partial charge is 0.244 e. The van der Waals surface area contributed by atoms with E-state index < -0.39 is 0 Å². The van der Waals surface area contributed by atoms with E-state index in [2.05, 4.69) is 16.0 Å². The number of rotatable bonds is 5. The van der Waals surface area contributed by atoms with Crippen LogP contribution in [0.2, 0.25) is 0 Å². The van der Waals surface area contributed by atoms with E-state index in [1.165, 1.54) is 0 Å². The molecule has 1 aliphatic heterocycles. The predicted octanol–water partition coefficient (Wildman–Crippen LogP) is 3.97. The topological polar surface area (TPSA) is 67.2 Å². The van der Waals surface area contributed by atoms with Gasteiger partial charge in [0.2, 0.25) is 5.91 Å². The Labute approximate surface area is 199 Å². The summed E-state index contributed by atoms with van der Waals surface area (Å²) in [6.07, 6.45) is 1.80. The largest absolute Gasteiger partial charge is 0.353 e. The molecule has 1 fully saturated rings. The first kappa shape index (κ1) is 21.8. The summed E-state index contributed by atoms with van der Waals surface area (Å²) in [5.74, 6) is 1.03. The molecule has 0 aliphatic carbocycles. The normalized spacial score (nSPS) is 13.8. The van der Waals surface area contributed by atoms with Crippen molar-refractivity contribution in [3.05, 3.63) is 84.2 Å². The lowest BCUT2D eigenvalue weighted by Crippen LogP contribution is -2.49. The molecule has 7 nitrogen and oxygen atoms in total. The van der Waals surface area contributed by atoms with Gasteiger partial charge in [-0.2, -0.15) is 5.10 Å². The number of benzene rings is 1. The van der Waals surface area contributed by atoms with E-state index in [1.54, 1.807) is 6.20 Å². The van der Waals surface area contributed by atoms with Crippen molar-refractivity contribution in [2.24, 2.45) is 0 Å². The van der Waals surface area contributed by atoms with Crippen molar-refractivity contribution in [3.8, 4) is 22.6 Å². The quantitative estimate of drug-likeness (QED) is 0.458. The zero-order valence-electron chi connectivity index (χ0n) is 19.6. The first-order valence-corrected chi connectivity index (χ1v) is 11.6. The fourth-order valence-electron chi connectivity index (χ4n) is 4.23. The Morgan fingerprint density at radius 2 is 1.65 bits per heavy atom. The van der Waals surface area contributed by atoms with E-state index >= 15 is 0 Å². The first-order valence-electron chi connectivity index (χ1n) is 11.6. The molecule has 0 saturated carbocycles. The van der Waals surface area contributed by atoms with Crippen LogP contribution in [0.1, 0.15) is 11.3 Å². The van der Waals surface area contributed by atoms with E-state index in [0.29, 0.717) is 13.1 Å². The molecule has 0 atom stereocenters. The highest BCUT2D eigenvalue weighted by Gasteiger charge is 2.23. The summed E-state index contributed by atoms with van der Waals surface area (Å²) < 4.78 is 1.81. The summed E-state index contributed by atoms with van der Waals surface area (Å²) in [6.45, 7) is 7.12. The van der Waals surface area contributed by atoms with Gasteiger partial charge in [-0.1, -0.05) is 42.5 Å². The van der Waals surface area contributed by atoms with Crippen LogP contribution in [-0.4, -0.2) is 56.7 Å². The summed E-state index contributed by atoms with van der Waals surface area (Å²) in [5.41, 5.74) is 5.65. The molecule has 34 heavy (non-hydrogen) atoms. The van der Waals surface area contributed by atoms with E-state index in [-0.39, 0.29) is 12.5 Å². The van der Waals surface area contributed by atoms with Gasteiger partial charge in [0.05, 0.1) is 11.4 Å². The van der Waals surface area contributed by atoms with Gasteiger partial charge in [0.1, 0.15) is 18.1 Å². The standard InChI is InChI=1S/C27H28N6O/c1-20-11-12-23(29-21(20)2)24-18-25(22-8-4-3-5-9-22)33(30-24)19-27(34)32-16-14-31(15-17-32)26-10-6-7-13-28-26/h3-13,18H,14-17,19H2,1-2H3. The summed E-state index contributed by atoms with van der Waals surface area (Å²) in [7, 11) is 0. The fraction of sp³-hybridized carbons (Fsp3) is 0.259. The maximum absolute atomic E-state index is 13.3. The van der Waals surface area contributed by atoms with Crippen molar-refractivity contribution < 1.29 is 4.79 Å². The van der Waals surface area contributed by atoms with Crippen LogP contribution in [0.3, 0.4) is 0 Å². The van der Waals surface area contributed by atoms with Crippen LogP contribution < -0.4 is 4.90 Å². The van der Waals surface area contributed by atoms with Crippen LogP contribution in [0.5, 0.6) is 0 Å². The zero-order chi connectivity index (χ0) is 23.5. The molecule has 1 aliphatic rings. The molecular formula is C27H28N6O. The molecule has 0 N–H and O–H groups in total. The number of carbonyl (C=O) groups is 1. The Morgan fingerprint density at radius 1 is 0.882 bits per heavy atom. The molecule has 7 heteroatoms. The third-order valence-corrected chi connectivity index (χ3v) is 6.35. The Balaban J connectivity index is 1.36. The maximum Gasteiger partial charge on any atom is 0.244 e. The van der Waals surface area contributed by atoms with Gasteiger partial charge in [0, 0.05) is 38.1 Å². The second kappa shape index (κ2) is 9.47. The number of hydrogen-bond donors (Lipinski definition) is 0. The predicted molar refractivity (Wildman–Crippen MR) is 133 cm³/mol. The van der Waals surface area contributed by atoms with E-state index in [0.717, 1.165) is 52.8 Å². The average Bonchev–Trinajstić information content (AvgIpc) is 3.30. The van der Waals surface area contributed by atoms with Crippen molar-refractivity contribution in [3.63, 3.8) is 0 Å². The van der Waals surface area contributed by atoms with Gasteiger partial charge < -0.3 is 9.80 Å². The molecule has 1 saturated heterocycles. The number of pyridine rings is 2. The monoisotopic (exact) mass is 452 g/mol. The van der Waals surface area contributed by atoms with E-state index in [1.807, 2.05) is 84.1 Å². The molecule has 4 heterocycles. The number of amides is 1. The molecule has 1 amide bonds. The molecule has 0 radical (unpaired) electrons. The maximum atomic E-state index is 13.3. The summed E-state index contributed by atoms with van der Waals surface area (Å²) in [4.78, 5) is 26.5. The van der Waals surface area contributed by atoms with Crippen LogP contribution in [0.15, 0.2) is 72.9 Å². The summed E-state index contributed by atoms with van der Waals surface area (Å²) in [5, 5.41) is 4.81. The van der Waals surface area contributed by atoms with Gasteiger partial charge in [0.15, 0.2) is 0 Å². The molecule has 5 rings (SSSR count). The minimum absolute atomic E-state index is 0.0700. The minimum Gasteiger partial charge on any atom is -0.353 e. The van der Waals surface area contributed by atoms with Gasteiger partial charge in [0.25, 0.3) is 0 Å². The third-order valence-electron chi connectivity index (χ3n) is 6.35. The number of carbonyl (C=O) groups excluding carboxylic acids is 1. The minimum atomic E-state index is 0.0700. The highest BCUT2D eigenvalue weighted by atomic mass is 16.2. The highest BCUT2D eigenvalue weighted by molar-refractivity contribution is 5.78. The second-order valence-electron chi connectivity index (χ2n) is 8.59. The Bertz CT molecular complexity index is 1280. The lowest BCUT2D eigenvalue weighted by molar-refractivity contribution is -0.132. The Morgan fingerprint density at radius 3 is 2.35 bits per heavy atom. The molecule has 4 aromatic rings. The first-order chi connectivity index (χ1) is 16.6. The highest BCUT2D eigenvalue weighted by Crippen LogP contribution is 2.26. The SMILES string of the molecule is Cc1ccc(-c2cc(-c3ccccc3)n(CC(=O)N3CCN(c4ccccn4)CC3)n2)nc1C. The van der Waals surface area contributed by atoms with Crippen molar-refractivity contribution in [1.29, 1.82) is 0 Å². The van der Waals surface area contributed by atoms with Gasteiger partial charge in [-0.25, -0.2) is 4.98 Å². The van der Waals surface area contributed by atoms with Gasteiger partial charge in [-0.3, -0.25) is 14.5 Å². The number of piperazine rings is 1. The molecule has 0 bridgehead atoms. The number of anilines is 1. The van der Waals surface area contributed by atoms with Crippen LogP contribution in [-0.2, 0) is 11.3 Å². The number of aromatic nitrogens is 4. The molecular weight excluding hydrogens is 424 g/mol. The average molecular weight is 453 g/mol. The van der Waals surface area contributed by atoms with Crippen molar-refractivity contribution in [2.75, 3.05) is 31.1 Å². The lowest BCUT2D eigenvalue weighted by atomic mass is 10.1. The second-order valence-corrected chi connectivity index (χ2v) is 8.59.